The van der Waals surface area contributed by atoms with Gasteiger partial charge in [-0.05, 0) is 112 Å². The van der Waals surface area contributed by atoms with Gasteiger partial charge in [0.15, 0.2) is 5.82 Å². The van der Waals surface area contributed by atoms with E-state index < -0.39 is 0 Å². The van der Waals surface area contributed by atoms with Crippen LogP contribution in [-0.4, -0.2) is 25.9 Å². The third kappa shape index (κ3) is 4.19. The average molecular weight is 458 g/mol. The number of nitrogens with one attached hydrogen (secondary N) is 1. The number of carbonyl (C=O) groups is 1. The predicted octanol–water partition coefficient (Wildman–Crippen LogP) is 5.62. The van der Waals surface area contributed by atoms with Crippen LogP contribution in [0.25, 0.3) is 5.82 Å². The number of aryl methyl sites for hydroxylation is 2. The number of amides is 1. The molecule has 0 aliphatic heterocycles. The number of carbonyl (C=O) groups excluding carboxylic acids is 1. The standard InChI is InChI=1S/C27H31N5O2/c1-17-9-18(2)32(31-17)24-7-8-26(30-29-24)34-23-5-3-22(4-6-23)28-25(33)16-27-13-19-10-20(14-27)12-21(11-19)15-27/h3-9,19-21H,10-16H2,1-2H3,(H,28,33). The lowest BCUT2D eigenvalue weighted by Crippen LogP contribution is -2.47. The monoisotopic (exact) mass is 457 g/mol. The van der Waals surface area contributed by atoms with Gasteiger partial charge in [-0.2, -0.15) is 5.10 Å². The Morgan fingerprint density at radius 2 is 1.68 bits per heavy atom. The largest absolute Gasteiger partial charge is 0.438 e. The van der Waals surface area contributed by atoms with Crippen LogP contribution in [0, 0.1) is 37.0 Å². The maximum Gasteiger partial charge on any atom is 0.238 e. The lowest BCUT2D eigenvalue weighted by atomic mass is 9.49. The Labute approximate surface area is 199 Å². The second-order valence-corrected chi connectivity index (χ2v) is 10.8. The summed E-state index contributed by atoms with van der Waals surface area (Å²) in [7, 11) is 0. The summed E-state index contributed by atoms with van der Waals surface area (Å²) in [6.07, 6.45) is 8.61. The third-order valence-electron chi connectivity index (χ3n) is 7.91. The summed E-state index contributed by atoms with van der Waals surface area (Å²) in [4.78, 5) is 12.9. The van der Waals surface area contributed by atoms with E-state index in [1.54, 1.807) is 10.7 Å². The Balaban J connectivity index is 1.06. The fraction of sp³-hybridized carbons (Fsp3) is 0.481. The van der Waals surface area contributed by atoms with E-state index in [0.717, 1.165) is 34.8 Å². The number of benzene rings is 1. The van der Waals surface area contributed by atoms with Crippen molar-refractivity contribution in [2.24, 2.45) is 23.2 Å². The highest BCUT2D eigenvalue weighted by Gasteiger charge is 2.51. The van der Waals surface area contributed by atoms with Crippen molar-refractivity contribution in [2.75, 3.05) is 5.32 Å². The summed E-state index contributed by atoms with van der Waals surface area (Å²) < 4.78 is 7.60. The van der Waals surface area contributed by atoms with E-state index in [0.29, 0.717) is 23.9 Å². The molecule has 7 rings (SSSR count). The van der Waals surface area contributed by atoms with Gasteiger partial charge in [-0.3, -0.25) is 4.79 Å². The molecule has 0 radical (unpaired) electrons. The molecule has 2 heterocycles. The first-order valence-electron chi connectivity index (χ1n) is 12.4. The average Bonchev–Trinajstić information content (AvgIpc) is 3.12. The van der Waals surface area contributed by atoms with Crippen molar-refractivity contribution >= 4 is 11.6 Å². The van der Waals surface area contributed by atoms with Crippen LogP contribution in [-0.2, 0) is 4.79 Å². The van der Waals surface area contributed by atoms with E-state index >= 15 is 0 Å². The molecule has 7 heteroatoms. The predicted molar refractivity (Wildman–Crippen MR) is 129 cm³/mol. The molecule has 0 unspecified atom stereocenters. The van der Waals surface area contributed by atoms with Gasteiger partial charge >= 0.3 is 0 Å². The van der Waals surface area contributed by atoms with Gasteiger partial charge in [0.1, 0.15) is 5.75 Å². The Morgan fingerprint density at radius 1 is 1.00 bits per heavy atom. The lowest BCUT2D eigenvalue weighted by Gasteiger charge is -2.56. The minimum Gasteiger partial charge on any atom is -0.438 e. The molecule has 4 aliphatic rings. The minimum absolute atomic E-state index is 0.140. The van der Waals surface area contributed by atoms with E-state index in [2.05, 4.69) is 20.6 Å². The van der Waals surface area contributed by atoms with Gasteiger partial charge < -0.3 is 10.1 Å². The highest BCUT2D eigenvalue weighted by molar-refractivity contribution is 5.91. The molecule has 1 aromatic carbocycles. The van der Waals surface area contributed by atoms with Crippen molar-refractivity contribution in [3.63, 3.8) is 0 Å². The van der Waals surface area contributed by atoms with E-state index in [9.17, 15) is 4.79 Å². The molecular formula is C27H31N5O2. The minimum atomic E-state index is 0.140. The summed E-state index contributed by atoms with van der Waals surface area (Å²) in [6, 6.07) is 13.1. The molecule has 2 aromatic heterocycles. The molecule has 4 saturated carbocycles. The van der Waals surface area contributed by atoms with Crippen LogP contribution in [0.15, 0.2) is 42.5 Å². The molecule has 4 bridgehead atoms. The van der Waals surface area contributed by atoms with Crippen LogP contribution in [0.1, 0.15) is 56.3 Å². The molecule has 34 heavy (non-hydrogen) atoms. The summed E-state index contributed by atoms with van der Waals surface area (Å²) in [5, 5.41) is 15.9. The first-order chi connectivity index (χ1) is 16.4. The van der Waals surface area contributed by atoms with Crippen molar-refractivity contribution in [3.8, 4) is 17.4 Å². The summed E-state index contributed by atoms with van der Waals surface area (Å²) in [5.74, 6) is 4.42. The Morgan fingerprint density at radius 3 is 2.24 bits per heavy atom. The second kappa shape index (κ2) is 8.22. The zero-order chi connectivity index (χ0) is 23.3. The molecule has 1 N–H and O–H groups in total. The quantitative estimate of drug-likeness (QED) is 0.520. The molecule has 3 aromatic rings. The molecule has 0 atom stereocenters. The van der Waals surface area contributed by atoms with Crippen molar-refractivity contribution in [3.05, 3.63) is 53.9 Å². The van der Waals surface area contributed by atoms with Crippen LogP contribution in [0.5, 0.6) is 11.6 Å². The van der Waals surface area contributed by atoms with Crippen LogP contribution in [0.4, 0.5) is 5.69 Å². The molecular weight excluding hydrogens is 426 g/mol. The SMILES string of the molecule is Cc1cc(C)n(-c2ccc(Oc3ccc(NC(=O)CC45CC6CC(CC(C6)C4)C5)cc3)nn2)n1. The highest BCUT2D eigenvalue weighted by Crippen LogP contribution is 2.61. The Hall–Kier alpha value is -3.22. The first kappa shape index (κ1) is 21.3. The molecule has 0 saturated heterocycles. The van der Waals surface area contributed by atoms with Crippen LogP contribution in [0.2, 0.25) is 0 Å². The molecule has 7 nitrogen and oxygen atoms in total. The highest BCUT2D eigenvalue weighted by atomic mass is 16.5. The first-order valence-corrected chi connectivity index (χ1v) is 12.4. The Bertz CT molecular complexity index is 1160. The third-order valence-corrected chi connectivity index (χ3v) is 7.91. The zero-order valence-corrected chi connectivity index (χ0v) is 19.8. The number of aromatic nitrogens is 4. The van der Waals surface area contributed by atoms with Crippen LogP contribution < -0.4 is 10.1 Å². The second-order valence-electron chi connectivity index (χ2n) is 10.8. The van der Waals surface area contributed by atoms with Crippen molar-refractivity contribution in [1.29, 1.82) is 0 Å². The van der Waals surface area contributed by atoms with E-state index in [1.165, 1.54) is 38.5 Å². The van der Waals surface area contributed by atoms with Gasteiger partial charge in [0.05, 0.1) is 5.69 Å². The number of hydrogen-bond donors (Lipinski definition) is 1. The number of ether oxygens (including phenoxy) is 1. The fourth-order valence-corrected chi connectivity index (χ4v) is 7.12. The number of anilines is 1. The molecule has 4 aliphatic carbocycles. The van der Waals surface area contributed by atoms with Crippen molar-refractivity contribution in [2.45, 2.75) is 58.8 Å². The number of nitrogens with zero attached hydrogens (tertiary/aromatic N) is 4. The van der Waals surface area contributed by atoms with Gasteiger partial charge in [-0.15, -0.1) is 10.2 Å². The maximum atomic E-state index is 12.9. The van der Waals surface area contributed by atoms with Crippen molar-refractivity contribution < 1.29 is 9.53 Å². The number of rotatable bonds is 6. The topological polar surface area (TPSA) is 81.9 Å². The molecule has 176 valence electrons. The van der Waals surface area contributed by atoms with Gasteiger partial charge in [0.2, 0.25) is 11.8 Å². The summed E-state index contributed by atoms with van der Waals surface area (Å²) in [5.41, 5.74) is 2.99. The lowest BCUT2D eigenvalue weighted by molar-refractivity contribution is -0.124. The Kier molecular flexibility index (Phi) is 5.15. The fourth-order valence-electron chi connectivity index (χ4n) is 7.12. The van der Waals surface area contributed by atoms with E-state index in [-0.39, 0.29) is 11.3 Å². The normalized spacial score (nSPS) is 27.1. The summed E-state index contributed by atoms with van der Waals surface area (Å²) >= 11 is 0. The van der Waals surface area contributed by atoms with Crippen LogP contribution >= 0.6 is 0 Å². The smallest absolute Gasteiger partial charge is 0.238 e. The van der Waals surface area contributed by atoms with Crippen LogP contribution in [0.3, 0.4) is 0 Å². The molecule has 0 spiro atoms. The van der Waals surface area contributed by atoms with E-state index in [4.69, 9.17) is 4.74 Å². The summed E-state index contributed by atoms with van der Waals surface area (Å²) in [6.45, 7) is 3.93. The van der Waals surface area contributed by atoms with E-state index in [1.807, 2.05) is 50.2 Å². The van der Waals surface area contributed by atoms with Crippen molar-refractivity contribution in [1.82, 2.24) is 20.0 Å². The maximum absolute atomic E-state index is 12.9. The van der Waals surface area contributed by atoms with Gasteiger partial charge in [0.25, 0.3) is 0 Å². The van der Waals surface area contributed by atoms with Gasteiger partial charge in [-0.1, -0.05) is 0 Å². The molecule has 1 amide bonds. The number of hydrogen-bond acceptors (Lipinski definition) is 5. The zero-order valence-electron chi connectivity index (χ0n) is 19.8. The molecule has 4 fully saturated rings. The van der Waals surface area contributed by atoms with Gasteiger partial charge in [0, 0.05) is 23.9 Å². The van der Waals surface area contributed by atoms with Gasteiger partial charge in [-0.25, -0.2) is 4.68 Å².